The second-order valence-electron chi connectivity index (χ2n) is 6.79. The first-order valence-electron chi connectivity index (χ1n) is 8.72. The molecule has 3 rings (SSSR count). The van der Waals surface area contributed by atoms with Crippen molar-refractivity contribution >= 4 is 0 Å². The zero-order valence-corrected chi connectivity index (χ0v) is 14.2. The molecule has 1 aliphatic rings. The highest BCUT2D eigenvalue weighted by Crippen LogP contribution is 2.27. The molecule has 0 bridgehead atoms. The van der Waals surface area contributed by atoms with Crippen LogP contribution in [0.4, 0.5) is 0 Å². The number of phenols is 1. The van der Waals surface area contributed by atoms with Crippen molar-refractivity contribution in [1.82, 2.24) is 9.88 Å². The quantitative estimate of drug-likeness (QED) is 0.884. The van der Waals surface area contributed by atoms with Crippen LogP contribution in [0.2, 0.25) is 0 Å². The summed E-state index contributed by atoms with van der Waals surface area (Å²) in [4.78, 5) is 6.87. The molecule has 1 heterocycles. The maximum absolute atomic E-state index is 9.81. The molecule has 1 saturated carbocycles. The van der Waals surface area contributed by atoms with Crippen LogP contribution >= 0.6 is 0 Å². The van der Waals surface area contributed by atoms with Gasteiger partial charge in [-0.3, -0.25) is 9.88 Å². The fourth-order valence-corrected chi connectivity index (χ4v) is 3.53. The van der Waals surface area contributed by atoms with Crippen molar-refractivity contribution in [3.05, 3.63) is 59.4 Å². The second-order valence-corrected chi connectivity index (χ2v) is 6.79. The van der Waals surface area contributed by atoms with E-state index in [0.717, 1.165) is 50.0 Å². The first-order chi connectivity index (χ1) is 11.6. The summed E-state index contributed by atoms with van der Waals surface area (Å²) in [5.74, 6) is 0.309. The van der Waals surface area contributed by atoms with E-state index in [4.69, 9.17) is 0 Å². The van der Waals surface area contributed by atoms with Gasteiger partial charge >= 0.3 is 0 Å². The van der Waals surface area contributed by atoms with E-state index < -0.39 is 0 Å². The van der Waals surface area contributed by atoms with Crippen molar-refractivity contribution in [2.75, 3.05) is 0 Å². The van der Waals surface area contributed by atoms with Crippen molar-refractivity contribution in [1.29, 1.82) is 0 Å². The van der Waals surface area contributed by atoms with Crippen molar-refractivity contribution < 1.29 is 10.2 Å². The monoisotopic (exact) mass is 326 g/mol. The highest BCUT2D eigenvalue weighted by Gasteiger charge is 2.25. The largest absolute Gasteiger partial charge is 0.508 e. The predicted molar refractivity (Wildman–Crippen MR) is 94.6 cm³/mol. The van der Waals surface area contributed by atoms with Gasteiger partial charge in [0.15, 0.2) is 0 Å². The van der Waals surface area contributed by atoms with Crippen LogP contribution in [-0.2, 0) is 13.1 Å². The average Bonchev–Trinajstić information content (AvgIpc) is 2.57. The number of aromatic hydroxyl groups is 1. The van der Waals surface area contributed by atoms with Crippen LogP contribution in [0.1, 0.15) is 42.5 Å². The molecule has 0 saturated heterocycles. The predicted octanol–water partition coefficient (Wildman–Crippen LogP) is 3.40. The summed E-state index contributed by atoms with van der Waals surface area (Å²) in [6, 6.07) is 12.1. The molecule has 0 unspecified atom stereocenters. The Hall–Kier alpha value is -1.91. The Bertz CT molecular complexity index is 666. The third-order valence-corrected chi connectivity index (χ3v) is 4.97. The Kier molecular flexibility index (Phi) is 5.48. The van der Waals surface area contributed by atoms with Crippen LogP contribution in [0.3, 0.4) is 0 Å². The van der Waals surface area contributed by atoms with E-state index in [0.29, 0.717) is 11.8 Å². The summed E-state index contributed by atoms with van der Waals surface area (Å²) >= 11 is 0. The molecule has 0 atom stereocenters. The SMILES string of the molecule is Cc1ncccc1CN(Cc1cccc(O)c1)C1CCC(O)CC1. The molecule has 4 nitrogen and oxygen atoms in total. The lowest BCUT2D eigenvalue weighted by atomic mass is 9.91. The number of aliphatic hydroxyl groups excluding tert-OH is 1. The van der Waals surface area contributed by atoms with Gasteiger partial charge < -0.3 is 10.2 Å². The fraction of sp³-hybridized carbons (Fsp3) is 0.450. The van der Waals surface area contributed by atoms with Crippen LogP contribution < -0.4 is 0 Å². The summed E-state index contributed by atoms with van der Waals surface area (Å²) in [7, 11) is 0. The van der Waals surface area contributed by atoms with E-state index in [1.807, 2.05) is 31.3 Å². The molecule has 0 aliphatic heterocycles. The lowest BCUT2D eigenvalue weighted by Gasteiger charge is -2.36. The van der Waals surface area contributed by atoms with Gasteiger partial charge in [0.1, 0.15) is 5.75 Å². The van der Waals surface area contributed by atoms with Gasteiger partial charge in [-0.05, 0) is 61.9 Å². The zero-order valence-electron chi connectivity index (χ0n) is 14.2. The van der Waals surface area contributed by atoms with Crippen molar-refractivity contribution in [2.24, 2.45) is 0 Å². The van der Waals surface area contributed by atoms with Crippen molar-refractivity contribution in [3.63, 3.8) is 0 Å². The van der Waals surface area contributed by atoms with Gasteiger partial charge in [0.05, 0.1) is 6.10 Å². The molecule has 4 heteroatoms. The fourth-order valence-electron chi connectivity index (χ4n) is 3.53. The third kappa shape index (κ3) is 4.34. The second kappa shape index (κ2) is 7.77. The van der Waals surface area contributed by atoms with Gasteiger partial charge in [-0.2, -0.15) is 0 Å². The summed E-state index contributed by atoms with van der Waals surface area (Å²) in [6.07, 6.45) is 5.44. The molecule has 1 aliphatic carbocycles. The molecular formula is C20H26N2O2. The van der Waals surface area contributed by atoms with Gasteiger partial charge in [0.2, 0.25) is 0 Å². The first-order valence-corrected chi connectivity index (χ1v) is 8.72. The summed E-state index contributed by atoms with van der Waals surface area (Å²) in [5, 5.41) is 19.6. The Labute approximate surface area is 143 Å². The number of phenolic OH excluding ortho intramolecular Hbond substituents is 1. The number of hydrogen-bond donors (Lipinski definition) is 2. The molecule has 0 amide bonds. The van der Waals surface area contributed by atoms with Crippen LogP contribution in [-0.4, -0.2) is 32.2 Å². The molecule has 2 N–H and O–H groups in total. The van der Waals surface area contributed by atoms with Crippen molar-refractivity contribution in [3.8, 4) is 5.75 Å². The highest BCUT2D eigenvalue weighted by atomic mass is 16.3. The van der Waals surface area contributed by atoms with Crippen molar-refractivity contribution in [2.45, 2.75) is 57.8 Å². The van der Waals surface area contributed by atoms with Gasteiger partial charge in [0.25, 0.3) is 0 Å². The average molecular weight is 326 g/mol. The highest BCUT2D eigenvalue weighted by molar-refractivity contribution is 5.27. The van der Waals surface area contributed by atoms with E-state index in [-0.39, 0.29) is 6.10 Å². The number of aryl methyl sites for hydroxylation is 1. The maximum atomic E-state index is 9.81. The first kappa shape index (κ1) is 16.9. The molecule has 0 spiro atoms. The van der Waals surface area contributed by atoms with Crippen LogP contribution in [0, 0.1) is 6.92 Å². The van der Waals surface area contributed by atoms with E-state index in [2.05, 4.69) is 22.0 Å². The number of aromatic nitrogens is 1. The summed E-state index contributed by atoms with van der Waals surface area (Å²) in [5.41, 5.74) is 3.42. The van der Waals surface area contributed by atoms with E-state index in [1.165, 1.54) is 5.56 Å². The molecule has 2 aromatic rings. The minimum atomic E-state index is -0.149. The molecule has 24 heavy (non-hydrogen) atoms. The minimum Gasteiger partial charge on any atom is -0.508 e. The number of benzene rings is 1. The van der Waals surface area contributed by atoms with Gasteiger partial charge in [-0.25, -0.2) is 0 Å². The minimum absolute atomic E-state index is 0.149. The Morgan fingerprint density at radius 3 is 2.58 bits per heavy atom. The van der Waals surface area contributed by atoms with Crippen LogP contribution in [0.25, 0.3) is 0 Å². The summed E-state index contributed by atoms with van der Waals surface area (Å²) < 4.78 is 0. The van der Waals surface area contributed by atoms with Crippen LogP contribution in [0.5, 0.6) is 5.75 Å². The van der Waals surface area contributed by atoms with E-state index >= 15 is 0 Å². The smallest absolute Gasteiger partial charge is 0.115 e. The lowest BCUT2D eigenvalue weighted by molar-refractivity contribution is 0.0664. The number of hydrogen-bond acceptors (Lipinski definition) is 4. The molecular weight excluding hydrogens is 300 g/mol. The number of pyridine rings is 1. The Morgan fingerprint density at radius 2 is 1.88 bits per heavy atom. The number of nitrogens with zero attached hydrogens (tertiary/aromatic N) is 2. The third-order valence-electron chi connectivity index (χ3n) is 4.97. The molecule has 1 aromatic heterocycles. The zero-order chi connectivity index (χ0) is 16.9. The lowest BCUT2D eigenvalue weighted by Crippen LogP contribution is -2.38. The topological polar surface area (TPSA) is 56.6 Å². The van der Waals surface area contributed by atoms with Gasteiger partial charge in [0, 0.05) is 31.0 Å². The molecule has 1 fully saturated rings. The number of aliphatic hydroxyl groups is 1. The molecule has 1 aromatic carbocycles. The van der Waals surface area contributed by atoms with E-state index in [1.54, 1.807) is 6.07 Å². The van der Waals surface area contributed by atoms with Gasteiger partial charge in [-0.1, -0.05) is 18.2 Å². The Morgan fingerprint density at radius 1 is 1.08 bits per heavy atom. The Balaban J connectivity index is 1.79. The number of rotatable bonds is 5. The maximum Gasteiger partial charge on any atom is 0.115 e. The molecule has 128 valence electrons. The van der Waals surface area contributed by atoms with E-state index in [9.17, 15) is 10.2 Å². The van der Waals surface area contributed by atoms with Crippen LogP contribution in [0.15, 0.2) is 42.6 Å². The normalized spacial score (nSPS) is 21.1. The standard InChI is InChI=1S/C20H26N2O2/c1-15-17(5-3-11-21-15)14-22(18-7-9-19(23)10-8-18)13-16-4-2-6-20(24)12-16/h2-6,11-12,18-19,23-24H,7-10,13-14H2,1H3. The molecule has 0 radical (unpaired) electrons. The van der Waals surface area contributed by atoms with Gasteiger partial charge in [-0.15, -0.1) is 0 Å². The summed E-state index contributed by atoms with van der Waals surface area (Å²) in [6.45, 7) is 3.69.